The van der Waals surface area contributed by atoms with Crippen molar-refractivity contribution >= 4 is 30.4 Å². The molecule has 2 heterocycles. The Labute approximate surface area is 177 Å². The lowest BCUT2D eigenvalue weighted by atomic mass is 10.1. The van der Waals surface area contributed by atoms with Crippen molar-refractivity contribution in [3.8, 4) is 11.5 Å². The summed E-state index contributed by atoms with van der Waals surface area (Å²) in [4.78, 5) is 49.2. The molecule has 31 heavy (non-hydrogen) atoms. The molecule has 1 N–H and O–H groups in total. The number of hydroxylamine groups is 2. The molecule has 0 saturated carbocycles. The monoisotopic (exact) mass is 431 g/mol. The van der Waals surface area contributed by atoms with Crippen LogP contribution >= 0.6 is 0 Å². The van der Waals surface area contributed by atoms with Crippen molar-refractivity contribution in [2.45, 2.75) is 6.23 Å². The maximum Gasteiger partial charge on any atom is 0.321 e. The van der Waals surface area contributed by atoms with E-state index in [0.29, 0.717) is 35.5 Å². The van der Waals surface area contributed by atoms with Crippen molar-refractivity contribution in [1.29, 1.82) is 0 Å². The maximum absolute atomic E-state index is 12.6. The number of nitrogens with one attached hydrogen (secondary N) is 1. The van der Waals surface area contributed by atoms with Crippen LogP contribution in [0.15, 0.2) is 24.7 Å². The summed E-state index contributed by atoms with van der Waals surface area (Å²) in [5.41, 5.74) is 0.787. The number of carbonyl (C=O) groups excluding carboxylic acids is 3. The number of carbonyl (C=O) groups is 3. The van der Waals surface area contributed by atoms with Gasteiger partial charge in [-0.25, -0.2) is 9.97 Å². The molecule has 3 rings (SSSR count). The van der Waals surface area contributed by atoms with Gasteiger partial charge < -0.3 is 29.3 Å². The van der Waals surface area contributed by atoms with Gasteiger partial charge in [0.1, 0.15) is 12.9 Å². The fraction of sp³-hybridized carbons (Fsp3) is 0.316. The summed E-state index contributed by atoms with van der Waals surface area (Å²) in [6.07, 6.45) is 1.57. The molecule has 12 heteroatoms. The number of ether oxygens (including phenoxy) is 3. The number of benzene rings is 1. The summed E-state index contributed by atoms with van der Waals surface area (Å²) in [5.74, 6) is 0.320. The second kappa shape index (κ2) is 9.71. The van der Waals surface area contributed by atoms with Crippen molar-refractivity contribution in [3.05, 3.63) is 35.8 Å². The van der Waals surface area contributed by atoms with Crippen LogP contribution in [0.2, 0.25) is 0 Å². The average molecular weight is 431 g/mol. The van der Waals surface area contributed by atoms with E-state index in [1.807, 2.05) is 19.0 Å². The van der Waals surface area contributed by atoms with E-state index in [1.165, 1.54) is 25.7 Å². The van der Waals surface area contributed by atoms with Gasteiger partial charge in [-0.3, -0.25) is 14.4 Å². The van der Waals surface area contributed by atoms with E-state index in [-0.39, 0.29) is 29.8 Å². The number of nitrogens with zero attached hydrogens (tertiary/aromatic N) is 4. The SMILES string of the molecule is COc1c(Nc2ncncc2OCCN(C)C)ccc2c1C(OC=O)N(OC=O)C2=O. The minimum absolute atomic E-state index is 0.0643. The molecule has 1 atom stereocenters. The van der Waals surface area contributed by atoms with Crippen LogP contribution in [0.1, 0.15) is 22.1 Å². The van der Waals surface area contributed by atoms with E-state index in [9.17, 15) is 14.4 Å². The van der Waals surface area contributed by atoms with Gasteiger partial charge in [0.05, 0.1) is 30.1 Å². The molecule has 12 nitrogen and oxygen atoms in total. The van der Waals surface area contributed by atoms with E-state index in [0.717, 1.165) is 0 Å². The quantitative estimate of drug-likeness (QED) is 0.509. The average Bonchev–Trinajstić information content (AvgIpc) is 3.01. The van der Waals surface area contributed by atoms with Crippen molar-refractivity contribution < 1.29 is 33.4 Å². The normalized spacial score (nSPS) is 14.8. The molecule has 1 aliphatic heterocycles. The van der Waals surface area contributed by atoms with E-state index in [4.69, 9.17) is 19.0 Å². The minimum atomic E-state index is -1.30. The van der Waals surface area contributed by atoms with E-state index < -0.39 is 12.1 Å². The molecule has 1 aromatic heterocycles. The predicted octanol–water partition coefficient (Wildman–Crippen LogP) is 0.885. The highest BCUT2D eigenvalue weighted by Crippen LogP contribution is 2.45. The van der Waals surface area contributed by atoms with E-state index in [2.05, 4.69) is 15.3 Å². The van der Waals surface area contributed by atoms with Gasteiger partial charge in [-0.1, -0.05) is 0 Å². The summed E-state index contributed by atoms with van der Waals surface area (Å²) >= 11 is 0. The van der Waals surface area contributed by atoms with Crippen LogP contribution in [-0.2, 0) is 19.2 Å². The molecule has 0 radical (unpaired) electrons. The lowest BCUT2D eigenvalue weighted by Crippen LogP contribution is -2.29. The number of hydrogen-bond acceptors (Lipinski definition) is 11. The van der Waals surface area contributed by atoms with Crippen LogP contribution in [-0.4, -0.2) is 73.1 Å². The molecule has 164 valence electrons. The Hall–Kier alpha value is -3.93. The first-order valence-electron chi connectivity index (χ1n) is 9.10. The molecule has 1 aliphatic rings. The lowest BCUT2D eigenvalue weighted by molar-refractivity contribution is -0.202. The third-order valence-electron chi connectivity index (χ3n) is 4.36. The Balaban J connectivity index is 1.96. The fourth-order valence-electron chi connectivity index (χ4n) is 3.00. The Kier molecular flexibility index (Phi) is 6.82. The van der Waals surface area contributed by atoms with Gasteiger partial charge in [0, 0.05) is 6.54 Å². The van der Waals surface area contributed by atoms with Gasteiger partial charge in [0.15, 0.2) is 17.3 Å². The van der Waals surface area contributed by atoms with Crippen LogP contribution in [0.5, 0.6) is 11.5 Å². The highest BCUT2D eigenvalue weighted by molar-refractivity contribution is 6.00. The van der Waals surface area contributed by atoms with Crippen LogP contribution in [0.4, 0.5) is 11.5 Å². The Bertz CT molecular complexity index is 969. The van der Waals surface area contributed by atoms with Crippen LogP contribution in [0.3, 0.4) is 0 Å². The second-order valence-electron chi connectivity index (χ2n) is 6.54. The second-order valence-corrected chi connectivity index (χ2v) is 6.54. The van der Waals surface area contributed by atoms with Crippen molar-refractivity contribution in [2.24, 2.45) is 0 Å². The first-order chi connectivity index (χ1) is 15.0. The van der Waals surface area contributed by atoms with Gasteiger partial charge in [-0.15, -0.1) is 5.06 Å². The van der Waals surface area contributed by atoms with Crippen LogP contribution in [0, 0.1) is 0 Å². The number of rotatable bonds is 11. The van der Waals surface area contributed by atoms with Gasteiger partial charge in [-0.2, -0.15) is 0 Å². The topological polar surface area (TPSA) is 132 Å². The number of fused-ring (bicyclic) bond motifs is 1. The number of anilines is 2. The van der Waals surface area contributed by atoms with Gasteiger partial charge in [-0.05, 0) is 26.2 Å². The first-order valence-corrected chi connectivity index (χ1v) is 9.10. The number of likely N-dealkylation sites (N-methyl/N-ethyl adjacent to an activating group) is 1. The molecule has 1 amide bonds. The molecule has 1 aromatic carbocycles. The largest absolute Gasteiger partial charge is 0.494 e. The summed E-state index contributed by atoms with van der Waals surface area (Å²) < 4.78 is 16.2. The standard InChI is InChI=1S/C19H21N5O7/c1-23(2)6-7-29-14-8-20-9-21-17(14)22-13-5-4-12-15(16(13)28-3)19(30-10-25)24(18(12)27)31-11-26/h4-5,8-11,19H,6-7H2,1-3H3,(H,20,21,22). The number of methoxy groups -OCH3 is 1. The number of amides is 1. The van der Waals surface area contributed by atoms with E-state index >= 15 is 0 Å². The van der Waals surface area contributed by atoms with Crippen molar-refractivity contribution in [3.63, 3.8) is 0 Å². The smallest absolute Gasteiger partial charge is 0.321 e. The first kappa shape index (κ1) is 21.8. The van der Waals surface area contributed by atoms with Gasteiger partial charge in [0.25, 0.3) is 12.4 Å². The molecule has 0 fully saturated rings. The van der Waals surface area contributed by atoms with Crippen LogP contribution < -0.4 is 14.8 Å². The molecule has 0 spiro atoms. The predicted molar refractivity (Wildman–Crippen MR) is 106 cm³/mol. The lowest BCUT2D eigenvalue weighted by Gasteiger charge is -2.21. The Morgan fingerprint density at radius 1 is 1.26 bits per heavy atom. The Morgan fingerprint density at radius 2 is 2.06 bits per heavy atom. The van der Waals surface area contributed by atoms with Crippen LogP contribution in [0.25, 0.3) is 0 Å². The zero-order valence-electron chi connectivity index (χ0n) is 17.1. The fourth-order valence-corrected chi connectivity index (χ4v) is 3.00. The number of aromatic nitrogens is 2. The molecular weight excluding hydrogens is 410 g/mol. The van der Waals surface area contributed by atoms with Gasteiger partial charge in [0.2, 0.25) is 6.23 Å². The summed E-state index contributed by atoms with van der Waals surface area (Å²) in [6.45, 7) is 1.32. The highest BCUT2D eigenvalue weighted by atomic mass is 16.7. The summed E-state index contributed by atoms with van der Waals surface area (Å²) in [5, 5.41) is 3.74. The van der Waals surface area contributed by atoms with Crippen molar-refractivity contribution in [1.82, 2.24) is 19.9 Å². The van der Waals surface area contributed by atoms with Crippen molar-refractivity contribution in [2.75, 3.05) is 39.7 Å². The molecule has 0 saturated heterocycles. The third-order valence-corrected chi connectivity index (χ3v) is 4.36. The zero-order chi connectivity index (χ0) is 22.4. The maximum atomic E-state index is 12.6. The highest BCUT2D eigenvalue weighted by Gasteiger charge is 2.43. The molecule has 1 unspecified atom stereocenters. The van der Waals surface area contributed by atoms with E-state index in [1.54, 1.807) is 6.07 Å². The molecule has 2 aromatic rings. The molecule has 0 bridgehead atoms. The zero-order valence-corrected chi connectivity index (χ0v) is 17.1. The molecule has 0 aliphatic carbocycles. The molecular formula is C19H21N5O7. The Morgan fingerprint density at radius 3 is 2.74 bits per heavy atom. The number of hydrogen-bond donors (Lipinski definition) is 1. The summed E-state index contributed by atoms with van der Waals surface area (Å²) in [6, 6.07) is 3.08. The van der Waals surface area contributed by atoms with Gasteiger partial charge >= 0.3 is 6.47 Å². The third kappa shape index (κ3) is 4.48. The summed E-state index contributed by atoms with van der Waals surface area (Å²) in [7, 11) is 5.24. The minimum Gasteiger partial charge on any atom is -0.494 e.